The normalized spacial score (nSPS) is 15.4. The molecule has 1 saturated heterocycles. The van der Waals surface area contributed by atoms with Crippen molar-refractivity contribution in [3.05, 3.63) is 59.7 Å². The fraction of sp³-hybridized carbons (Fsp3) is 0.364. The van der Waals surface area contributed by atoms with Gasteiger partial charge in [-0.1, -0.05) is 0 Å². The third-order valence-corrected chi connectivity index (χ3v) is 9.71. The number of aromatic nitrogens is 6. The molecule has 49 heavy (non-hydrogen) atoms. The van der Waals surface area contributed by atoms with Crippen molar-refractivity contribution in [2.45, 2.75) is 31.8 Å². The van der Waals surface area contributed by atoms with E-state index in [0.717, 1.165) is 61.5 Å². The zero-order valence-corrected chi connectivity index (χ0v) is 29.8. The van der Waals surface area contributed by atoms with Crippen LogP contribution in [0.4, 0.5) is 34.5 Å². The van der Waals surface area contributed by atoms with Gasteiger partial charge in [0.25, 0.3) is 0 Å². The number of aryl methyl sites for hydroxylation is 1. The van der Waals surface area contributed by atoms with E-state index in [0.29, 0.717) is 50.5 Å². The molecule has 1 aliphatic carbocycles. The molecule has 0 amide bonds. The van der Waals surface area contributed by atoms with Gasteiger partial charge in [0.05, 0.1) is 52.7 Å². The van der Waals surface area contributed by atoms with E-state index in [1.165, 1.54) is 19.0 Å². The van der Waals surface area contributed by atoms with Crippen molar-refractivity contribution in [3.8, 4) is 16.9 Å². The molecule has 3 aromatic heterocycles. The van der Waals surface area contributed by atoms with Crippen LogP contribution in [0.25, 0.3) is 22.2 Å². The Morgan fingerprint density at radius 2 is 1.80 bits per heavy atom. The molecule has 4 heterocycles. The van der Waals surface area contributed by atoms with Crippen molar-refractivity contribution in [1.29, 1.82) is 0 Å². The number of hydrogen-bond donors (Lipinski definition) is 3. The summed E-state index contributed by atoms with van der Waals surface area (Å²) in [5.41, 5.74) is 5.31. The number of halogens is 1. The summed E-state index contributed by atoms with van der Waals surface area (Å²) in [7, 11) is -0.0983. The molecule has 2 aromatic carbocycles. The minimum Gasteiger partial charge on any atom is -0.494 e. The number of nitrogens with zero attached hydrogens (tertiary/aromatic N) is 7. The van der Waals surface area contributed by atoms with Gasteiger partial charge in [-0.25, -0.2) is 13.4 Å². The van der Waals surface area contributed by atoms with E-state index < -0.39 is 10.0 Å². The summed E-state index contributed by atoms with van der Waals surface area (Å²) in [5, 5.41) is 11.0. The first-order valence-electron chi connectivity index (χ1n) is 16.0. The zero-order chi connectivity index (χ0) is 34.1. The Hall–Kier alpha value is -4.54. The van der Waals surface area contributed by atoms with Gasteiger partial charge in [0.15, 0.2) is 0 Å². The van der Waals surface area contributed by atoms with Gasteiger partial charge in [-0.05, 0) is 65.7 Å². The third-order valence-electron chi connectivity index (χ3n) is 8.55. The Labute approximate surface area is 292 Å². The number of methoxy groups -OCH3 is 1. The van der Waals surface area contributed by atoms with Crippen molar-refractivity contribution >= 4 is 71.5 Å². The third kappa shape index (κ3) is 7.71. The van der Waals surface area contributed by atoms with Gasteiger partial charge in [0.2, 0.25) is 16.0 Å². The lowest BCUT2D eigenvalue weighted by Crippen LogP contribution is -2.37. The highest BCUT2D eigenvalue weighted by molar-refractivity contribution is 9.10. The Bertz CT molecular complexity index is 2100. The molecule has 1 aliphatic heterocycles. The molecule has 0 radical (unpaired) electrons. The van der Waals surface area contributed by atoms with E-state index in [2.05, 4.69) is 56.2 Å². The predicted molar refractivity (Wildman–Crippen MR) is 193 cm³/mol. The lowest BCUT2D eigenvalue weighted by atomic mass is 10.0. The van der Waals surface area contributed by atoms with E-state index in [1.54, 1.807) is 36.3 Å². The summed E-state index contributed by atoms with van der Waals surface area (Å²) in [4.78, 5) is 20.3. The monoisotopic (exact) mass is 748 g/mol. The van der Waals surface area contributed by atoms with Crippen molar-refractivity contribution in [2.24, 2.45) is 13.0 Å². The summed E-state index contributed by atoms with van der Waals surface area (Å²) in [6.45, 7) is 2.63. The average Bonchev–Trinajstić information content (AvgIpc) is 3.83. The molecule has 2 aliphatic rings. The van der Waals surface area contributed by atoms with E-state index in [1.807, 2.05) is 31.6 Å². The quantitative estimate of drug-likeness (QED) is 0.140. The average molecular weight is 750 g/mol. The number of rotatable bonds is 12. The van der Waals surface area contributed by atoms with Crippen LogP contribution in [-0.4, -0.2) is 77.3 Å². The maximum atomic E-state index is 12.3. The van der Waals surface area contributed by atoms with Gasteiger partial charge in [0, 0.05) is 74.4 Å². The van der Waals surface area contributed by atoms with Crippen molar-refractivity contribution in [2.75, 3.05) is 53.3 Å². The van der Waals surface area contributed by atoms with Crippen molar-refractivity contribution in [3.63, 3.8) is 0 Å². The Balaban J connectivity index is 1.19. The molecule has 256 valence electrons. The molecule has 7 rings (SSSR count). The molecule has 0 atom stereocenters. The first-order valence-corrected chi connectivity index (χ1v) is 18.7. The number of hydrogen-bond acceptors (Lipinski definition) is 12. The Kier molecular flexibility index (Phi) is 9.26. The predicted octanol–water partition coefficient (Wildman–Crippen LogP) is 5.85. The maximum absolute atomic E-state index is 12.3. The largest absolute Gasteiger partial charge is 0.494 e. The summed E-state index contributed by atoms with van der Waals surface area (Å²) >= 11 is 3.53. The summed E-state index contributed by atoms with van der Waals surface area (Å²) in [6, 6.07) is 7.56. The van der Waals surface area contributed by atoms with Crippen LogP contribution >= 0.6 is 15.9 Å². The Morgan fingerprint density at radius 1 is 1.00 bits per heavy atom. The number of sulfonamides is 1. The van der Waals surface area contributed by atoms with Crippen LogP contribution in [0.1, 0.15) is 25.7 Å². The summed E-state index contributed by atoms with van der Waals surface area (Å²) < 4.78 is 41.6. The summed E-state index contributed by atoms with van der Waals surface area (Å²) in [5.74, 6) is 2.07. The molecule has 0 spiro atoms. The van der Waals surface area contributed by atoms with Gasteiger partial charge in [-0.15, -0.1) is 0 Å². The number of fused-ring (bicyclic) bond motifs is 1. The Morgan fingerprint density at radius 3 is 2.51 bits per heavy atom. The molecule has 0 bridgehead atoms. The number of anilines is 6. The van der Waals surface area contributed by atoms with Gasteiger partial charge >= 0.3 is 0 Å². The lowest BCUT2D eigenvalue weighted by molar-refractivity contribution is 0.0305. The number of ether oxygens (including phenoxy) is 2. The van der Waals surface area contributed by atoms with Crippen LogP contribution in [0.15, 0.2) is 59.7 Å². The first-order chi connectivity index (χ1) is 23.6. The molecular formula is C33H37BrN10O4S. The smallest absolute Gasteiger partial charge is 0.229 e. The van der Waals surface area contributed by atoms with E-state index in [-0.39, 0.29) is 5.69 Å². The van der Waals surface area contributed by atoms with Crippen LogP contribution in [0.5, 0.6) is 5.75 Å². The minimum absolute atomic E-state index is 0.255. The van der Waals surface area contributed by atoms with Crippen LogP contribution in [0, 0.1) is 5.92 Å². The fourth-order valence-corrected chi connectivity index (χ4v) is 6.77. The van der Waals surface area contributed by atoms with E-state index in [9.17, 15) is 8.42 Å². The van der Waals surface area contributed by atoms with E-state index in [4.69, 9.17) is 14.5 Å². The first kappa shape index (κ1) is 33.0. The maximum Gasteiger partial charge on any atom is 0.229 e. The van der Waals surface area contributed by atoms with Gasteiger partial charge in [-0.2, -0.15) is 10.1 Å². The SMILES string of the molecule is COc1cc(N2CCC(OCC3CC3)CC2)c(-c2cnn(C)c2)cc1Nc1ncc(Br)c(Nc2ccc3nccnc3c2NS(C)(=O)=O)n1. The molecule has 16 heteroatoms. The van der Waals surface area contributed by atoms with Crippen molar-refractivity contribution < 1.29 is 17.9 Å². The molecule has 14 nitrogen and oxygen atoms in total. The number of nitrogens with one attached hydrogen (secondary N) is 3. The standard InChI is InChI=1S/C33H37BrN10O4S/c1-43-18-21(16-38-43)23-14-27(29(47-2)15-28(23)44-12-8-22(9-13-44)48-19-20-4-5-20)40-33-37-17-24(34)32(41-33)39-26-7-6-25-30(36-11-10-35-25)31(26)42-49(3,45)46/h6-7,10-11,14-18,20,22,42H,4-5,8-9,12-13,19H2,1-3H3,(H2,37,39,40,41). The van der Waals surface area contributed by atoms with Gasteiger partial charge < -0.3 is 25.0 Å². The summed E-state index contributed by atoms with van der Waals surface area (Å²) in [6.07, 6.45) is 14.4. The topological polar surface area (TPSA) is 161 Å². The van der Waals surface area contributed by atoms with Gasteiger partial charge in [0.1, 0.15) is 17.1 Å². The highest BCUT2D eigenvalue weighted by atomic mass is 79.9. The molecule has 1 saturated carbocycles. The zero-order valence-electron chi connectivity index (χ0n) is 27.4. The van der Waals surface area contributed by atoms with Crippen LogP contribution in [0.3, 0.4) is 0 Å². The lowest BCUT2D eigenvalue weighted by Gasteiger charge is -2.35. The van der Waals surface area contributed by atoms with Crippen molar-refractivity contribution in [1.82, 2.24) is 29.7 Å². The minimum atomic E-state index is -3.64. The molecule has 5 aromatic rings. The van der Waals surface area contributed by atoms with E-state index >= 15 is 0 Å². The number of benzene rings is 2. The molecular weight excluding hydrogens is 712 g/mol. The highest BCUT2D eigenvalue weighted by Gasteiger charge is 2.27. The molecule has 3 N–H and O–H groups in total. The number of piperidine rings is 1. The molecule has 2 fully saturated rings. The second kappa shape index (κ2) is 13.8. The van der Waals surface area contributed by atoms with Gasteiger partial charge in [-0.3, -0.25) is 19.4 Å². The van der Waals surface area contributed by atoms with Crippen LogP contribution < -0.4 is 25.0 Å². The van der Waals surface area contributed by atoms with Crippen LogP contribution in [-0.2, 0) is 21.8 Å². The second-order valence-corrected chi connectivity index (χ2v) is 15.0. The van der Waals surface area contributed by atoms with Crippen LogP contribution in [0.2, 0.25) is 0 Å². The molecule has 0 unspecified atom stereocenters. The highest BCUT2D eigenvalue weighted by Crippen LogP contribution is 2.42. The fourth-order valence-electron chi connectivity index (χ4n) is 5.90. The second-order valence-electron chi connectivity index (χ2n) is 12.4.